The van der Waals surface area contributed by atoms with Crippen LogP contribution in [0.2, 0.25) is 0 Å². The molecule has 0 fully saturated rings. The van der Waals surface area contributed by atoms with Gasteiger partial charge in [0.1, 0.15) is 5.03 Å². The third-order valence-electron chi connectivity index (χ3n) is 2.39. The molecular formula is C11H16N6OS. The van der Waals surface area contributed by atoms with Gasteiger partial charge in [0, 0.05) is 33.4 Å². The highest BCUT2D eigenvalue weighted by molar-refractivity contribution is 7.99. The monoisotopic (exact) mass is 280 g/mol. The van der Waals surface area contributed by atoms with E-state index in [4.69, 9.17) is 4.74 Å². The minimum absolute atomic E-state index is 0.709. The van der Waals surface area contributed by atoms with E-state index in [0.29, 0.717) is 6.61 Å². The van der Waals surface area contributed by atoms with Crippen LogP contribution < -0.4 is 5.32 Å². The number of aryl methyl sites for hydroxylation is 1. The van der Waals surface area contributed by atoms with Crippen LogP contribution in [0.1, 0.15) is 5.56 Å². The van der Waals surface area contributed by atoms with Crippen LogP contribution in [0.3, 0.4) is 0 Å². The summed E-state index contributed by atoms with van der Waals surface area (Å²) in [6, 6.07) is 4.01. The Balaban J connectivity index is 1.86. The lowest BCUT2D eigenvalue weighted by Gasteiger charge is -2.04. The summed E-state index contributed by atoms with van der Waals surface area (Å²) in [6.45, 7) is 2.32. The molecule has 0 aliphatic carbocycles. The number of hydrogen-bond acceptors (Lipinski definition) is 7. The van der Waals surface area contributed by atoms with Crippen LogP contribution in [0, 0.1) is 0 Å². The molecular weight excluding hydrogens is 264 g/mol. The van der Waals surface area contributed by atoms with Gasteiger partial charge < -0.3 is 10.1 Å². The fourth-order valence-corrected chi connectivity index (χ4v) is 2.06. The molecule has 0 radical (unpaired) electrons. The molecule has 0 bridgehead atoms. The van der Waals surface area contributed by atoms with Crippen LogP contribution in [0.4, 0.5) is 0 Å². The highest BCUT2D eigenvalue weighted by Gasteiger charge is 2.05. The van der Waals surface area contributed by atoms with Crippen LogP contribution in [-0.2, 0) is 18.3 Å². The number of aromatic nitrogens is 5. The molecule has 2 aromatic rings. The van der Waals surface area contributed by atoms with Gasteiger partial charge in [0.05, 0.1) is 6.61 Å². The van der Waals surface area contributed by atoms with Gasteiger partial charge in [0.25, 0.3) is 0 Å². The molecule has 2 aromatic heterocycles. The number of nitrogens with one attached hydrogen (secondary N) is 1. The first-order valence-corrected chi connectivity index (χ1v) is 6.66. The maximum atomic E-state index is 4.97. The van der Waals surface area contributed by atoms with Crippen molar-refractivity contribution < 1.29 is 4.74 Å². The van der Waals surface area contributed by atoms with E-state index in [-0.39, 0.29) is 0 Å². The molecule has 2 heterocycles. The number of methoxy groups -OCH3 is 1. The topological polar surface area (TPSA) is 77.8 Å². The lowest BCUT2D eigenvalue weighted by molar-refractivity contribution is 0.199. The molecule has 19 heavy (non-hydrogen) atoms. The summed E-state index contributed by atoms with van der Waals surface area (Å²) < 4.78 is 6.58. The predicted molar refractivity (Wildman–Crippen MR) is 70.7 cm³/mol. The lowest BCUT2D eigenvalue weighted by Crippen LogP contribution is -2.18. The normalized spacial score (nSPS) is 10.8. The van der Waals surface area contributed by atoms with Gasteiger partial charge in [0.2, 0.25) is 5.16 Å². The fraction of sp³-hybridized carbons (Fsp3) is 0.455. The van der Waals surface area contributed by atoms with Crippen molar-refractivity contribution in [2.75, 3.05) is 20.3 Å². The smallest absolute Gasteiger partial charge is 0.215 e. The molecule has 0 aliphatic rings. The summed E-state index contributed by atoms with van der Waals surface area (Å²) in [5, 5.41) is 16.1. The second-order valence-electron chi connectivity index (χ2n) is 3.86. The highest BCUT2D eigenvalue weighted by atomic mass is 32.2. The Labute approximate surface area is 115 Å². The average molecular weight is 280 g/mol. The zero-order valence-electron chi connectivity index (χ0n) is 10.9. The fourth-order valence-electron chi connectivity index (χ4n) is 1.38. The van der Waals surface area contributed by atoms with E-state index in [0.717, 1.165) is 28.8 Å². The quantitative estimate of drug-likeness (QED) is 0.740. The van der Waals surface area contributed by atoms with E-state index in [2.05, 4.69) is 25.8 Å². The van der Waals surface area contributed by atoms with Crippen LogP contribution in [0.15, 0.2) is 28.5 Å². The first-order chi connectivity index (χ1) is 9.29. The largest absolute Gasteiger partial charge is 0.383 e. The van der Waals surface area contributed by atoms with Crippen LogP contribution in [0.5, 0.6) is 0 Å². The number of hydrogen-bond donors (Lipinski definition) is 1. The number of tetrazole rings is 1. The minimum Gasteiger partial charge on any atom is -0.383 e. The molecule has 2 rings (SSSR count). The van der Waals surface area contributed by atoms with Gasteiger partial charge in [-0.25, -0.2) is 9.67 Å². The second-order valence-corrected chi connectivity index (χ2v) is 4.85. The molecule has 8 heteroatoms. The SMILES string of the molecule is COCCNCc1ccc(Sc2nnnn2C)nc1. The van der Waals surface area contributed by atoms with E-state index in [1.807, 2.05) is 18.3 Å². The Hall–Kier alpha value is -1.51. The van der Waals surface area contributed by atoms with Crippen molar-refractivity contribution in [3.05, 3.63) is 23.9 Å². The van der Waals surface area contributed by atoms with Gasteiger partial charge in [-0.2, -0.15) is 0 Å². The molecule has 102 valence electrons. The van der Waals surface area contributed by atoms with Crippen molar-refractivity contribution >= 4 is 11.8 Å². The van der Waals surface area contributed by atoms with E-state index >= 15 is 0 Å². The number of rotatable bonds is 7. The van der Waals surface area contributed by atoms with Crippen molar-refractivity contribution in [3.8, 4) is 0 Å². The van der Waals surface area contributed by atoms with Gasteiger partial charge in [-0.3, -0.25) is 0 Å². The lowest BCUT2D eigenvalue weighted by atomic mass is 10.3. The maximum Gasteiger partial charge on any atom is 0.215 e. The summed E-state index contributed by atoms with van der Waals surface area (Å²) in [5.41, 5.74) is 1.14. The van der Waals surface area contributed by atoms with Crippen molar-refractivity contribution in [1.29, 1.82) is 0 Å². The van der Waals surface area contributed by atoms with Crippen molar-refractivity contribution in [3.63, 3.8) is 0 Å². The van der Waals surface area contributed by atoms with Crippen LogP contribution in [0.25, 0.3) is 0 Å². The first-order valence-electron chi connectivity index (χ1n) is 5.84. The van der Waals surface area contributed by atoms with Gasteiger partial charge in [-0.05, 0) is 33.8 Å². The van der Waals surface area contributed by atoms with Gasteiger partial charge in [-0.1, -0.05) is 6.07 Å². The Morgan fingerprint density at radius 1 is 1.42 bits per heavy atom. The molecule has 0 aromatic carbocycles. The van der Waals surface area contributed by atoms with E-state index in [1.54, 1.807) is 18.8 Å². The molecule has 1 N–H and O–H groups in total. The predicted octanol–water partition coefficient (Wildman–Crippen LogP) is 0.492. The van der Waals surface area contributed by atoms with Gasteiger partial charge >= 0.3 is 0 Å². The van der Waals surface area contributed by atoms with Gasteiger partial charge in [-0.15, -0.1) is 5.10 Å². The van der Waals surface area contributed by atoms with E-state index in [1.165, 1.54) is 11.8 Å². The zero-order valence-corrected chi connectivity index (χ0v) is 11.7. The van der Waals surface area contributed by atoms with E-state index < -0.39 is 0 Å². The Kier molecular flexibility index (Phi) is 5.25. The summed E-state index contributed by atoms with van der Waals surface area (Å²) >= 11 is 1.44. The summed E-state index contributed by atoms with van der Waals surface area (Å²) in [5.74, 6) is 0. The Morgan fingerprint density at radius 2 is 2.32 bits per heavy atom. The average Bonchev–Trinajstić information content (AvgIpc) is 2.82. The molecule has 0 amide bonds. The first kappa shape index (κ1) is 13.9. The zero-order chi connectivity index (χ0) is 13.5. The summed E-state index contributed by atoms with van der Waals surface area (Å²) in [7, 11) is 3.49. The molecule has 0 spiro atoms. The molecule has 0 unspecified atom stereocenters. The summed E-state index contributed by atoms with van der Waals surface area (Å²) in [4.78, 5) is 4.38. The molecule has 0 aliphatic heterocycles. The van der Waals surface area contributed by atoms with Crippen LogP contribution >= 0.6 is 11.8 Å². The molecule has 7 nitrogen and oxygen atoms in total. The highest BCUT2D eigenvalue weighted by Crippen LogP contribution is 2.22. The second kappa shape index (κ2) is 7.17. The number of pyridine rings is 1. The third kappa shape index (κ3) is 4.27. The van der Waals surface area contributed by atoms with Crippen LogP contribution in [-0.4, -0.2) is 45.5 Å². The molecule has 0 saturated heterocycles. The molecule has 0 saturated carbocycles. The standard InChI is InChI=1S/C11H16N6OS/c1-17-11(14-15-16-17)19-10-4-3-9(8-13-10)7-12-5-6-18-2/h3-4,8,12H,5-7H2,1-2H3. The maximum absolute atomic E-state index is 4.97. The van der Waals surface area contributed by atoms with E-state index in [9.17, 15) is 0 Å². The Morgan fingerprint density at radius 3 is 2.95 bits per heavy atom. The minimum atomic E-state index is 0.709. The van der Waals surface area contributed by atoms with Crippen molar-refractivity contribution in [2.24, 2.45) is 7.05 Å². The molecule has 0 atom stereocenters. The summed E-state index contributed by atoms with van der Waals surface area (Å²) in [6.07, 6.45) is 1.85. The van der Waals surface area contributed by atoms with Crippen molar-refractivity contribution in [1.82, 2.24) is 30.5 Å². The van der Waals surface area contributed by atoms with Crippen molar-refractivity contribution in [2.45, 2.75) is 16.7 Å². The Bertz CT molecular complexity index is 500. The number of nitrogens with zero attached hydrogens (tertiary/aromatic N) is 5. The van der Waals surface area contributed by atoms with Gasteiger partial charge in [0.15, 0.2) is 0 Å². The third-order valence-corrected chi connectivity index (χ3v) is 3.37. The number of ether oxygens (including phenoxy) is 1.